The minimum Gasteiger partial charge on any atom is -0.483 e. The first-order valence-corrected chi connectivity index (χ1v) is 12.0. The molecule has 2 N–H and O–H groups in total. The Hall–Kier alpha value is -4.84. The number of benzene rings is 3. The fourth-order valence-electron chi connectivity index (χ4n) is 3.55. The Bertz CT molecular complexity index is 1500. The summed E-state index contributed by atoms with van der Waals surface area (Å²) in [6.45, 7) is -0.424. The van der Waals surface area contributed by atoms with Crippen LogP contribution < -0.4 is 20.3 Å². The molecule has 0 bridgehead atoms. The number of methoxy groups -OCH3 is 1. The number of ether oxygens (including phenoxy) is 2. The van der Waals surface area contributed by atoms with Crippen molar-refractivity contribution in [2.75, 3.05) is 23.9 Å². The second kappa shape index (κ2) is 11.7. The van der Waals surface area contributed by atoms with Crippen molar-refractivity contribution < 1.29 is 37.8 Å². The summed E-state index contributed by atoms with van der Waals surface area (Å²) >= 11 is 3.32. The Morgan fingerprint density at radius 1 is 1.03 bits per heavy atom. The summed E-state index contributed by atoms with van der Waals surface area (Å²) in [5.74, 6) is -3.23. The van der Waals surface area contributed by atoms with E-state index in [1.54, 1.807) is 12.1 Å². The highest BCUT2D eigenvalue weighted by molar-refractivity contribution is 9.10. The van der Waals surface area contributed by atoms with Crippen LogP contribution in [0, 0.1) is 5.82 Å². The lowest BCUT2D eigenvalue weighted by molar-refractivity contribution is -0.122. The van der Waals surface area contributed by atoms with Gasteiger partial charge in [-0.2, -0.15) is 0 Å². The Kier molecular flexibility index (Phi) is 8.15. The van der Waals surface area contributed by atoms with Gasteiger partial charge < -0.3 is 14.8 Å². The topological polar surface area (TPSA) is 131 Å². The molecule has 1 saturated heterocycles. The third-order valence-corrected chi connectivity index (χ3v) is 5.90. The summed E-state index contributed by atoms with van der Waals surface area (Å²) in [4.78, 5) is 63.2. The second-order valence-corrected chi connectivity index (χ2v) is 8.94. The van der Waals surface area contributed by atoms with Crippen LogP contribution in [0.15, 0.2) is 76.8 Å². The van der Waals surface area contributed by atoms with E-state index < -0.39 is 42.1 Å². The van der Waals surface area contributed by atoms with Crippen molar-refractivity contribution in [3.63, 3.8) is 0 Å². The molecular weight excluding hydrogens is 577 g/mol. The maximum absolute atomic E-state index is 13.3. The standard InChI is InChI=1S/C27H19BrFN3O7/c1-38-26(36)15-2-9-20(10-3-15)32-25(35)21(24(34)31-27(32)37)13-16-12-17(28)4-11-22(16)39-14-23(33)30-19-7-5-18(29)6-8-19/h2-13H,14H2,1H3,(H,30,33)(H,31,34,37)/b21-13-. The fourth-order valence-corrected chi connectivity index (χ4v) is 3.93. The molecule has 0 spiro atoms. The number of nitrogens with zero attached hydrogens (tertiary/aromatic N) is 1. The third kappa shape index (κ3) is 6.36. The number of carbonyl (C=O) groups excluding carboxylic acids is 5. The summed E-state index contributed by atoms with van der Waals surface area (Å²) in [5.41, 5.74) is 0.597. The van der Waals surface area contributed by atoms with Crippen LogP contribution in [0.3, 0.4) is 0 Å². The van der Waals surface area contributed by atoms with Crippen LogP contribution in [0.2, 0.25) is 0 Å². The number of imide groups is 2. The van der Waals surface area contributed by atoms with Gasteiger partial charge in [-0.15, -0.1) is 0 Å². The molecule has 3 aromatic carbocycles. The van der Waals surface area contributed by atoms with Gasteiger partial charge in [0.25, 0.3) is 17.7 Å². The Labute approximate surface area is 229 Å². The molecule has 0 radical (unpaired) electrons. The van der Waals surface area contributed by atoms with E-state index in [1.807, 2.05) is 0 Å². The van der Waals surface area contributed by atoms with E-state index in [2.05, 4.69) is 31.3 Å². The molecule has 0 aliphatic carbocycles. The Morgan fingerprint density at radius 2 is 1.72 bits per heavy atom. The van der Waals surface area contributed by atoms with Gasteiger partial charge in [0.05, 0.1) is 18.4 Å². The largest absolute Gasteiger partial charge is 0.483 e. The number of urea groups is 1. The zero-order chi connectivity index (χ0) is 28.1. The van der Waals surface area contributed by atoms with E-state index >= 15 is 0 Å². The van der Waals surface area contributed by atoms with Gasteiger partial charge in [-0.05, 0) is 72.8 Å². The van der Waals surface area contributed by atoms with Gasteiger partial charge in [0.1, 0.15) is 17.1 Å². The summed E-state index contributed by atoms with van der Waals surface area (Å²) in [6.07, 6.45) is 1.23. The molecule has 39 heavy (non-hydrogen) atoms. The predicted molar refractivity (Wildman–Crippen MR) is 141 cm³/mol. The zero-order valence-electron chi connectivity index (χ0n) is 20.2. The highest BCUT2D eigenvalue weighted by atomic mass is 79.9. The van der Waals surface area contributed by atoms with Crippen molar-refractivity contribution in [3.8, 4) is 5.75 Å². The highest BCUT2D eigenvalue weighted by Crippen LogP contribution is 2.28. The van der Waals surface area contributed by atoms with Crippen LogP contribution in [0.25, 0.3) is 6.08 Å². The molecule has 10 nitrogen and oxygen atoms in total. The van der Waals surface area contributed by atoms with Crippen molar-refractivity contribution in [2.24, 2.45) is 0 Å². The van der Waals surface area contributed by atoms with Gasteiger partial charge in [-0.25, -0.2) is 18.9 Å². The van der Waals surface area contributed by atoms with Crippen molar-refractivity contribution in [3.05, 3.63) is 93.7 Å². The normalized spacial score (nSPS) is 14.2. The fraction of sp³-hybridized carbons (Fsp3) is 0.0741. The van der Waals surface area contributed by atoms with Crippen LogP contribution in [0.5, 0.6) is 5.75 Å². The summed E-state index contributed by atoms with van der Waals surface area (Å²) in [5, 5.41) is 4.68. The molecular formula is C27H19BrFN3O7. The van der Waals surface area contributed by atoms with Crippen LogP contribution >= 0.6 is 15.9 Å². The van der Waals surface area contributed by atoms with E-state index in [-0.39, 0.29) is 28.1 Å². The maximum Gasteiger partial charge on any atom is 0.337 e. The summed E-state index contributed by atoms with van der Waals surface area (Å²) in [7, 11) is 1.22. The molecule has 3 aromatic rings. The van der Waals surface area contributed by atoms with Gasteiger partial charge in [-0.1, -0.05) is 15.9 Å². The van der Waals surface area contributed by atoms with Crippen molar-refractivity contribution in [1.82, 2.24) is 5.32 Å². The molecule has 12 heteroatoms. The number of rotatable bonds is 7. The number of halogens is 2. The number of anilines is 2. The number of hydrogen-bond donors (Lipinski definition) is 2. The first-order valence-electron chi connectivity index (χ1n) is 11.2. The van der Waals surface area contributed by atoms with Gasteiger partial charge in [0.2, 0.25) is 0 Å². The van der Waals surface area contributed by atoms with Gasteiger partial charge >= 0.3 is 12.0 Å². The van der Waals surface area contributed by atoms with E-state index in [0.29, 0.717) is 10.2 Å². The van der Waals surface area contributed by atoms with E-state index in [9.17, 15) is 28.4 Å². The average molecular weight is 596 g/mol. The zero-order valence-corrected chi connectivity index (χ0v) is 21.8. The molecule has 0 unspecified atom stereocenters. The molecule has 198 valence electrons. The van der Waals surface area contributed by atoms with Gasteiger partial charge in [0.15, 0.2) is 6.61 Å². The number of hydrogen-bond acceptors (Lipinski definition) is 7. The molecule has 1 aliphatic rings. The van der Waals surface area contributed by atoms with E-state index in [0.717, 1.165) is 4.90 Å². The van der Waals surface area contributed by atoms with Gasteiger partial charge in [0, 0.05) is 15.7 Å². The molecule has 4 rings (SSSR count). The SMILES string of the molecule is COC(=O)c1ccc(N2C(=O)NC(=O)/C(=C/c3cc(Br)ccc3OCC(=O)Nc3ccc(F)cc3)C2=O)cc1. The average Bonchev–Trinajstić information content (AvgIpc) is 2.91. The second-order valence-electron chi connectivity index (χ2n) is 8.02. The molecule has 5 amide bonds. The van der Waals surface area contributed by atoms with Crippen LogP contribution in [-0.2, 0) is 19.1 Å². The first kappa shape index (κ1) is 27.2. The molecule has 0 atom stereocenters. The summed E-state index contributed by atoms with van der Waals surface area (Å²) < 4.78 is 23.9. The van der Waals surface area contributed by atoms with Crippen molar-refractivity contribution >= 4 is 63.1 Å². The number of amides is 5. The molecule has 0 aromatic heterocycles. The number of nitrogens with one attached hydrogen (secondary N) is 2. The third-order valence-electron chi connectivity index (χ3n) is 5.41. The first-order chi connectivity index (χ1) is 18.7. The minimum absolute atomic E-state index is 0.117. The molecule has 1 aliphatic heterocycles. The monoisotopic (exact) mass is 595 g/mol. The number of esters is 1. The molecule has 0 saturated carbocycles. The van der Waals surface area contributed by atoms with Crippen LogP contribution in [0.4, 0.5) is 20.6 Å². The van der Waals surface area contributed by atoms with E-state index in [1.165, 1.54) is 67.8 Å². The van der Waals surface area contributed by atoms with Gasteiger partial charge in [-0.3, -0.25) is 19.7 Å². The van der Waals surface area contributed by atoms with Crippen molar-refractivity contribution in [2.45, 2.75) is 0 Å². The van der Waals surface area contributed by atoms with E-state index in [4.69, 9.17) is 4.74 Å². The lowest BCUT2D eigenvalue weighted by Crippen LogP contribution is -2.54. The molecule has 1 heterocycles. The quantitative estimate of drug-likeness (QED) is 0.239. The predicted octanol–water partition coefficient (Wildman–Crippen LogP) is 4.06. The highest BCUT2D eigenvalue weighted by Gasteiger charge is 2.37. The van der Waals surface area contributed by atoms with Crippen LogP contribution in [0.1, 0.15) is 15.9 Å². The lowest BCUT2D eigenvalue weighted by Gasteiger charge is -2.26. The lowest BCUT2D eigenvalue weighted by atomic mass is 10.1. The Morgan fingerprint density at radius 3 is 2.38 bits per heavy atom. The van der Waals surface area contributed by atoms with Crippen molar-refractivity contribution in [1.29, 1.82) is 0 Å². The van der Waals surface area contributed by atoms with Crippen LogP contribution in [-0.4, -0.2) is 43.4 Å². The number of carbonyl (C=O) groups is 5. The molecule has 1 fully saturated rings. The number of barbiturate groups is 1. The maximum atomic E-state index is 13.3. The smallest absolute Gasteiger partial charge is 0.337 e. The summed E-state index contributed by atoms with van der Waals surface area (Å²) in [6, 6.07) is 14.4. The minimum atomic E-state index is -0.962. The Balaban J connectivity index is 1.57.